The van der Waals surface area contributed by atoms with Crippen molar-refractivity contribution in [2.75, 3.05) is 6.54 Å². The van der Waals surface area contributed by atoms with Crippen LogP contribution in [0.3, 0.4) is 0 Å². The summed E-state index contributed by atoms with van der Waals surface area (Å²) in [4.78, 5) is 0.305. The molecule has 102 valence electrons. The van der Waals surface area contributed by atoms with Crippen molar-refractivity contribution >= 4 is 10.0 Å². The number of hydrogen-bond acceptors (Lipinski definition) is 3. The highest BCUT2D eigenvalue weighted by atomic mass is 32.2. The second-order valence-corrected chi connectivity index (χ2v) is 6.74. The lowest BCUT2D eigenvalue weighted by atomic mass is 10.1. The summed E-state index contributed by atoms with van der Waals surface area (Å²) in [7, 11) is -3.49. The van der Waals surface area contributed by atoms with Gasteiger partial charge in [0.2, 0.25) is 10.0 Å². The molecule has 0 radical (unpaired) electrons. The molecule has 3 N–H and O–H groups in total. The van der Waals surface area contributed by atoms with Crippen molar-refractivity contribution in [3.05, 3.63) is 29.3 Å². The van der Waals surface area contributed by atoms with Gasteiger partial charge in [-0.15, -0.1) is 0 Å². The summed E-state index contributed by atoms with van der Waals surface area (Å²) in [6.07, 6.45) is 0. The summed E-state index contributed by atoms with van der Waals surface area (Å²) in [6, 6.07) is 5.05. The van der Waals surface area contributed by atoms with Crippen LogP contribution >= 0.6 is 0 Å². The van der Waals surface area contributed by atoms with Gasteiger partial charge in [0, 0.05) is 12.6 Å². The van der Waals surface area contributed by atoms with E-state index in [1.165, 1.54) is 0 Å². The second-order valence-electron chi connectivity index (χ2n) is 5.03. The van der Waals surface area contributed by atoms with Crippen molar-refractivity contribution in [1.82, 2.24) is 4.72 Å². The molecule has 1 atom stereocenters. The smallest absolute Gasteiger partial charge is 0.240 e. The van der Waals surface area contributed by atoms with Crippen molar-refractivity contribution < 1.29 is 8.42 Å². The van der Waals surface area contributed by atoms with E-state index < -0.39 is 10.0 Å². The minimum atomic E-state index is -3.49. The molecule has 5 heteroatoms. The van der Waals surface area contributed by atoms with E-state index in [2.05, 4.69) is 4.72 Å². The predicted octanol–water partition coefficient (Wildman–Crippen LogP) is 1.57. The lowest BCUT2D eigenvalue weighted by Gasteiger charge is -2.20. The van der Waals surface area contributed by atoms with Gasteiger partial charge in [-0.2, -0.15) is 0 Å². The fourth-order valence-electron chi connectivity index (χ4n) is 1.81. The Morgan fingerprint density at radius 3 is 2.06 bits per heavy atom. The first-order valence-electron chi connectivity index (χ1n) is 6.07. The molecule has 0 fully saturated rings. The van der Waals surface area contributed by atoms with Gasteiger partial charge in [-0.3, -0.25) is 0 Å². The minimum absolute atomic E-state index is 0.163. The summed E-state index contributed by atoms with van der Waals surface area (Å²) in [5.41, 5.74) is 7.46. The Morgan fingerprint density at radius 2 is 1.67 bits per heavy atom. The third-order valence-electron chi connectivity index (χ3n) is 2.87. The average Bonchev–Trinajstić information content (AvgIpc) is 2.24. The van der Waals surface area contributed by atoms with E-state index in [-0.39, 0.29) is 12.0 Å². The van der Waals surface area contributed by atoms with Crippen LogP contribution in [0.15, 0.2) is 23.1 Å². The Hall–Kier alpha value is -0.910. The van der Waals surface area contributed by atoms with Crippen LogP contribution in [-0.4, -0.2) is 21.0 Å². The Morgan fingerprint density at radius 1 is 1.17 bits per heavy atom. The summed E-state index contributed by atoms with van der Waals surface area (Å²) >= 11 is 0. The van der Waals surface area contributed by atoms with Gasteiger partial charge >= 0.3 is 0 Å². The molecule has 0 aromatic heterocycles. The van der Waals surface area contributed by atoms with E-state index in [1.54, 1.807) is 12.1 Å². The van der Waals surface area contributed by atoms with Crippen molar-refractivity contribution in [3.63, 3.8) is 0 Å². The number of nitrogens with one attached hydrogen (secondary N) is 1. The van der Waals surface area contributed by atoms with Crippen LogP contribution in [0, 0.1) is 19.8 Å². The minimum Gasteiger partial charge on any atom is -0.329 e. The number of rotatable bonds is 5. The molecule has 1 aromatic rings. The van der Waals surface area contributed by atoms with Crippen LogP contribution in [0.5, 0.6) is 0 Å². The zero-order chi connectivity index (χ0) is 13.9. The zero-order valence-corrected chi connectivity index (χ0v) is 12.2. The first kappa shape index (κ1) is 15.1. The van der Waals surface area contributed by atoms with Crippen LogP contribution in [0.4, 0.5) is 0 Å². The number of hydrogen-bond donors (Lipinski definition) is 2. The average molecular weight is 270 g/mol. The third kappa shape index (κ3) is 3.80. The SMILES string of the molecule is Cc1cc(C)cc(S(=O)(=O)NC(CN)C(C)C)c1. The van der Waals surface area contributed by atoms with Gasteiger partial charge in [0.05, 0.1) is 4.90 Å². The number of aryl methyl sites for hydroxylation is 2. The van der Waals surface area contributed by atoms with Crippen molar-refractivity contribution in [3.8, 4) is 0 Å². The van der Waals surface area contributed by atoms with Crippen LogP contribution < -0.4 is 10.5 Å². The normalized spacial score (nSPS) is 13.9. The topological polar surface area (TPSA) is 72.2 Å². The molecule has 4 nitrogen and oxygen atoms in total. The fourth-order valence-corrected chi connectivity index (χ4v) is 3.40. The second kappa shape index (κ2) is 5.82. The predicted molar refractivity (Wildman–Crippen MR) is 73.9 cm³/mol. The Bertz CT molecular complexity index is 489. The highest BCUT2D eigenvalue weighted by Gasteiger charge is 2.21. The molecule has 1 rings (SSSR count). The van der Waals surface area contributed by atoms with Gasteiger partial charge in [0.1, 0.15) is 0 Å². The maximum Gasteiger partial charge on any atom is 0.240 e. The van der Waals surface area contributed by atoms with E-state index in [4.69, 9.17) is 5.73 Å². The van der Waals surface area contributed by atoms with Crippen LogP contribution in [0.25, 0.3) is 0 Å². The Kier molecular flexibility index (Phi) is 4.90. The van der Waals surface area contributed by atoms with E-state index in [1.807, 2.05) is 33.8 Å². The first-order chi connectivity index (χ1) is 8.26. The highest BCUT2D eigenvalue weighted by Crippen LogP contribution is 2.15. The van der Waals surface area contributed by atoms with E-state index >= 15 is 0 Å². The first-order valence-corrected chi connectivity index (χ1v) is 7.55. The molecule has 0 aliphatic heterocycles. The maximum atomic E-state index is 12.2. The molecule has 0 heterocycles. The molecule has 18 heavy (non-hydrogen) atoms. The standard InChI is InChI=1S/C13H22N2O2S/c1-9(2)13(8-14)15-18(16,17)12-6-10(3)5-11(4)7-12/h5-7,9,13,15H,8,14H2,1-4H3. The van der Waals surface area contributed by atoms with Crippen LogP contribution in [-0.2, 0) is 10.0 Å². The molecular formula is C13H22N2O2S. The van der Waals surface area contributed by atoms with Crippen molar-refractivity contribution in [2.24, 2.45) is 11.7 Å². The summed E-state index contributed by atoms with van der Waals surface area (Å²) in [5, 5.41) is 0. The lowest BCUT2D eigenvalue weighted by molar-refractivity contribution is 0.455. The molecule has 0 aliphatic carbocycles. The molecular weight excluding hydrogens is 248 g/mol. The van der Waals surface area contributed by atoms with Gasteiger partial charge in [0.25, 0.3) is 0 Å². The van der Waals surface area contributed by atoms with Gasteiger partial charge in [-0.05, 0) is 43.0 Å². The Balaban J connectivity index is 3.06. The number of benzene rings is 1. The molecule has 0 aliphatic rings. The molecule has 0 amide bonds. The molecule has 0 bridgehead atoms. The highest BCUT2D eigenvalue weighted by molar-refractivity contribution is 7.89. The monoisotopic (exact) mass is 270 g/mol. The summed E-state index contributed by atoms with van der Waals surface area (Å²) in [6.45, 7) is 7.95. The van der Waals surface area contributed by atoms with E-state index in [0.717, 1.165) is 11.1 Å². The van der Waals surface area contributed by atoms with E-state index in [0.29, 0.717) is 11.4 Å². The number of sulfonamides is 1. The molecule has 1 aromatic carbocycles. The molecule has 0 saturated carbocycles. The quantitative estimate of drug-likeness (QED) is 0.853. The molecule has 0 saturated heterocycles. The number of nitrogens with two attached hydrogens (primary N) is 1. The van der Waals surface area contributed by atoms with Crippen molar-refractivity contribution in [2.45, 2.75) is 38.6 Å². The fraction of sp³-hybridized carbons (Fsp3) is 0.538. The van der Waals surface area contributed by atoms with Crippen molar-refractivity contribution in [1.29, 1.82) is 0 Å². The van der Waals surface area contributed by atoms with Gasteiger partial charge in [0.15, 0.2) is 0 Å². The van der Waals surface area contributed by atoms with Gasteiger partial charge in [-0.1, -0.05) is 19.9 Å². The van der Waals surface area contributed by atoms with E-state index in [9.17, 15) is 8.42 Å². The zero-order valence-electron chi connectivity index (χ0n) is 11.4. The summed E-state index contributed by atoms with van der Waals surface area (Å²) in [5.74, 6) is 0.163. The van der Waals surface area contributed by atoms with Crippen LogP contribution in [0.1, 0.15) is 25.0 Å². The maximum absolute atomic E-state index is 12.2. The van der Waals surface area contributed by atoms with Gasteiger partial charge < -0.3 is 5.73 Å². The summed E-state index contributed by atoms with van der Waals surface area (Å²) < 4.78 is 27.1. The molecule has 1 unspecified atom stereocenters. The third-order valence-corrected chi connectivity index (χ3v) is 4.34. The lowest BCUT2D eigenvalue weighted by Crippen LogP contribution is -2.43. The molecule has 0 spiro atoms. The largest absolute Gasteiger partial charge is 0.329 e. The van der Waals surface area contributed by atoms with Crippen LogP contribution in [0.2, 0.25) is 0 Å². The Labute approximate surface area is 110 Å². The van der Waals surface area contributed by atoms with Gasteiger partial charge in [-0.25, -0.2) is 13.1 Å².